The third-order valence-corrected chi connectivity index (χ3v) is 21.8. The van der Waals surface area contributed by atoms with E-state index in [-0.39, 0.29) is 136 Å². The lowest BCUT2D eigenvalue weighted by molar-refractivity contribution is -0.232. The molecule has 87 heavy (non-hydrogen) atoms. The van der Waals surface area contributed by atoms with Crippen molar-refractivity contribution < 1.29 is 123 Å². The SMILES string of the molecule is COCOCOCOCOCOCOCOCOCOCOCCSCCC[Si]1(CCCSCCOCOCOCOCOCOCOCOCOCOCOC)c2cc(B3OC(C)(C)C(C)(C)O3)ccc2-c2ccc(B3OC(C)(C)C(C)(C)O3)cc21. The van der Waals surface area contributed by atoms with E-state index in [0.29, 0.717) is 13.2 Å². The van der Waals surface area contributed by atoms with Crippen LogP contribution >= 0.6 is 23.5 Å². The van der Waals surface area contributed by atoms with Gasteiger partial charge in [0.05, 0.1) is 35.6 Å². The second-order valence-corrected chi connectivity index (χ2v) is 28.4. The van der Waals surface area contributed by atoms with Crippen LogP contribution < -0.4 is 21.3 Å². The molecular weight excluding hydrogens is 1200 g/mol. The normalized spacial score (nSPS) is 17.0. The van der Waals surface area contributed by atoms with Crippen LogP contribution in [0.1, 0.15) is 68.2 Å². The standard InChI is InChI=1S/C56H96B2O26S2Si/c1-53(2)54(3,4)82-57(81-53)47-13-15-49-50-16-14-48(58-83-55(5,6)56(7,8)84-58)26-52(50)87(51(49)25-47,23-11-19-85-21-17-61-29-65-33-69-37-73-41-77-45-79-43-75-39-71-35-67-31-63-27-59-9)24-12-20-86-22-18-62-30-66-34-70-38-74-42-78-46-80-44-76-40-72-36-68-32-64-28-60-10/h13-16,25-26H,11-12,17-24,27-46H2,1-10H3. The molecule has 0 aliphatic carbocycles. The van der Waals surface area contributed by atoms with E-state index in [9.17, 15) is 0 Å². The second-order valence-electron chi connectivity index (χ2n) is 21.7. The smallest absolute Gasteiger partial charge is 0.399 e. The number of hydrogen-bond donors (Lipinski definition) is 0. The van der Waals surface area contributed by atoms with E-state index in [2.05, 4.69) is 91.8 Å². The number of benzene rings is 2. The lowest BCUT2D eigenvalue weighted by atomic mass is 9.77. The Morgan fingerprint density at radius 1 is 0.333 bits per heavy atom. The van der Waals surface area contributed by atoms with Crippen molar-refractivity contribution in [2.24, 2.45) is 0 Å². The van der Waals surface area contributed by atoms with E-state index in [0.717, 1.165) is 58.9 Å². The molecule has 3 aliphatic heterocycles. The maximum atomic E-state index is 6.66. The topological polar surface area (TPSA) is 240 Å². The number of thioether (sulfide) groups is 2. The zero-order valence-corrected chi connectivity index (χ0v) is 55.4. The van der Waals surface area contributed by atoms with Gasteiger partial charge in [-0.05, 0) is 124 Å². The first-order valence-corrected chi connectivity index (χ1v) is 33.6. The number of hydrogen-bond acceptors (Lipinski definition) is 28. The summed E-state index contributed by atoms with van der Waals surface area (Å²) >= 11 is 3.77. The molecule has 3 heterocycles. The van der Waals surface area contributed by atoms with Gasteiger partial charge < -0.3 is 123 Å². The van der Waals surface area contributed by atoms with Gasteiger partial charge in [-0.25, -0.2) is 0 Å². The van der Waals surface area contributed by atoms with E-state index >= 15 is 0 Å². The van der Waals surface area contributed by atoms with Gasteiger partial charge in [-0.2, -0.15) is 23.5 Å². The minimum absolute atomic E-state index is 0.00855. The van der Waals surface area contributed by atoms with Gasteiger partial charge in [-0.1, -0.05) is 36.4 Å². The van der Waals surface area contributed by atoms with E-state index in [1.807, 2.05) is 23.5 Å². The van der Waals surface area contributed by atoms with Crippen LogP contribution in [0.25, 0.3) is 11.1 Å². The first-order valence-electron chi connectivity index (χ1n) is 28.9. The molecule has 0 N–H and O–H groups in total. The first kappa shape index (κ1) is 76.2. The third kappa shape index (κ3) is 27.5. The van der Waals surface area contributed by atoms with Gasteiger partial charge in [-0.3, -0.25) is 0 Å². The predicted octanol–water partition coefficient (Wildman–Crippen LogP) is 4.85. The van der Waals surface area contributed by atoms with Crippen molar-refractivity contribution in [3.05, 3.63) is 36.4 Å². The Bertz CT molecular complexity index is 1940. The maximum absolute atomic E-state index is 6.66. The molecule has 498 valence electrons. The Hall–Kier alpha value is -1.55. The minimum atomic E-state index is -2.49. The van der Waals surface area contributed by atoms with Crippen LogP contribution in [-0.2, 0) is 123 Å². The van der Waals surface area contributed by atoms with Crippen LogP contribution in [0.4, 0.5) is 0 Å². The molecule has 2 aromatic rings. The van der Waals surface area contributed by atoms with Gasteiger partial charge in [-0.15, -0.1) is 0 Å². The third-order valence-electron chi connectivity index (χ3n) is 14.4. The summed E-state index contributed by atoms with van der Waals surface area (Å²) in [4.78, 5) is 0. The summed E-state index contributed by atoms with van der Waals surface area (Å²) < 4.78 is 141. The van der Waals surface area contributed by atoms with Crippen LogP contribution in [0.2, 0.25) is 12.1 Å². The molecule has 0 saturated carbocycles. The summed E-state index contributed by atoms with van der Waals surface area (Å²) in [6, 6.07) is 15.9. The molecule has 0 aromatic heterocycles. The Kier molecular flexibility index (Phi) is 38.0. The second kappa shape index (κ2) is 43.4. The van der Waals surface area contributed by atoms with E-state index in [1.54, 1.807) is 0 Å². The van der Waals surface area contributed by atoms with Crippen molar-refractivity contribution in [3.8, 4) is 11.1 Å². The van der Waals surface area contributed by atoms with Crippen LogP contribution in [0, 0.1) is 0 Å². The highest BCUT2D eigenvalue weighted by atomic mass is 32.2. The number of methoxy groups -OCH3 is 2. The Morgan fingerprint density at radius 2 is 0.575 bits per heavy atom. The van der Waals surface area contributed by atoms with Crippen molar-refractivity contribution in [1.82, 2.24) is 0 Å². The molecule has 2 aromatic carbocycles. The monoisotopic (exact) mass is 1300 g/mol. The van der Waals surface area contributed by atoms with Crippen LogP contribution in [0.3, 0.4) is 0 Å². The van der Waals surface area contributed by atoms with Gasteiger partial charge in [0.2, 0.25) is 0 Å². The average molecular weight is 1300 g/mol. The lowest BCUT2D eigenvalue weighted by Gasteiger charge is -2.32. The number of fused-ring (bicyclic) bond motifs is 3. The average Bonchev–Trinajstić information content (AvgIpc) is 1.61. The molecule has 31 heteroatoms. The molecule has 0 amide bonds. The van der Waals surface area contributed by atoms with Crippen LogP contribution in [0.5, 0.6) is 0 Å². The summed E-state index contributed by atoms with van der Waals surface area (Å²) in [6.45, 7) is 18.3. The van der Waals surface area contributed by atoms with Gasteiger partial charge >= 0.3 is 14.2 Å². The van der Waals surface area contributed by atoms with Crippen LogP contribution in [-0.4, -0.2) is 231 Å². The van der Waals surface area contributed by atoms with Crippen molar-refractivity contribution in [2.75, 3.05) is 186 Å². The Labute approximate surface area is 524 Å². The van der Waals surface area contributed by atoms with Crippen LogP contribution in [0.15, 0.2) is 36.4 Å². The van der Waals surface area contributed by atoms with Crippen molar-refractivity contribution in [3.63, 3.8) is 0 Å². The first-order chi connectivity index (χ1) is 42.2. The molecule has 3 aliphatic rings. The highest BCUT2D eigenvalue weighted by Gasteiger charge is 2.54. The van der Waals surface area contributed by atoms with Crippen molar-refractivity contribution in [1.29, 1.82) is 0 Å². The molecule has 0 radical (unpaired) electrons. The maximum Gasteiger partial charge on any atom is 0.494 e. The number of ether oxygens (including phenoxy) is 22. The Morgan fingerprint density at radius 3 is 0.828 bits per heavy atom. The highest BCUT2D eigenvalue weighted by molar-refractivity contribution is 7.99. The molecule has 26 nitrogen and oxygen atoms in total. The fourth-order valence-corrected chi connectivity index (χ4v) is 16.4. The molecular formula is C56H96B2O26S2Si. The molecule has 0 spiro atoms. The summed E-state index contributed by atoms with van der Waals surface area (Å²) in [5, 5.41) is 2.87. The summed E-state index contributed by atoms with van der Waals surface area (Å²) in [6.07, 6.45) is 2.06. The molecule has 2 fully saturated rings. The number of rotatable bonds is 56. The fourth-order valence-electron chi connectivity index (χ4n) is 8.79. The summed E-state index contributed by atoms with van der Waals surface area (Å²) in [7, 11) is -0.401. The zero-order chi connectivity index (χ0) is 62.4. The van der Waals surface area contributed by atoms with Crippen molar-refractivity contribution >= 4 is 67.1 Å². The predicted molar refractivity (Wildman–Crippen MR) is 325 cm³/mol. The molecule has 2 saturated heterocycles. The quantitative estimate of drug-likeness (QED) is 0.0489. The van der Waals surface area contributed by atoms with Crippen molar-refractivity contribution in [2.45, 2.75) is 103 Å². The lowest BCUT2D eigenvalue weighted by Crippen LogP contribution is -2.57. The zero-order valence-electron chi connectivity index (χ0n) is 52.8. The van der Waals surface area contributed by atoms with Gasteiger partial charge in [0, 0.05) is 25.7 Å². The van der Waals surface area contributed by atoms with E-state index < -0.39 is 44.7 Å². The highest BCUT2D eigenvalue weighted by Crippen LogP contribution is 2.40. The van der Waals surface area contributed by atoms with Gasteiger partial charge in [0.1, 0.15) is 35.2 Å². The molecule has 0 unspecified atom stereocenters. The molecule has 5 rings (SSSR count). The van der Waals surface area contributed by atoms with Gasteiger partial charge in [0.15, 0.2) is 109 Å². The molecule has 0 bridgehead atoms. The molecule has 0 atom stereocenters. The largest absolute Gasteiger partial charge is 0.494 e. The van der Waals surface area contributed by atoms with Gasteiger partial charge in [0.25, 0.3) is 0 Å². The van der Waals surface area contributed by atoms with E-state index in [1.165, 1.54) is 35.7 Å². The Balaban J connectivity index is 1.04. The minimum Gasteiger partial charge on any atom is -0.399 e. The fraction of sp³-hybridized carbons (Fsp3) is 0.786. The summed E-state index contributed by atoms with van der Waals surface area (Å²) in [5.41, 5.74) is 2.77. The summed E-state index contributed by atoms with van der Waals surface area (Å²) in [5.74, 6) is 3.59. The van der Waals surface area contributed by atoms with E-state index in [4.69, 9.17) is 123 Å².